The third-order valence-corrected chi connectivity index (χ3v) is 1.91. The summed E-state index contributed by atoms with van der Waals surface area (Å²) in [7, 11) is 1.38. The second kappa shape index (κ2) is 3.94. The molecule has 0 spiro atoms. The summed E-state index contributed by atoms with van der Waals surface area (Å²) < 4.78 is 4.55. The molecule has 1 aromatic rings. The summed E-state index contributed by atoms with van der Waals surface area (Å²) in [5.74, 6) is -0.232. The second-order valence-electron chi connectivity index (χ2n) is 2.94. The molecule has 0 saturated heterocycles. The molecule has 0 aliphatic rings. The van der Waals surface area contributed by atoms with Gasteiger partial charge in [-0.3, -0.25) is 4.79 Å². The molecule has 3 heteroatoms. The fourth-order valence-corrected chi connectivity index (χ4v) is 1.09. The van der Waals surface area contributed by atoms with Gasteiger partial charge in [0.15, 0.2) is 0 Å². The van der Waals surface area contributed by atoms with Gasteiger partial charge in [0.05, 0.1) is 13.5 Å². The van der Waals surface area contributed by atoms with Gasteiger partial charge in [0.2, 0.25) is 0 Å². The van der Waals surface area contributed by atoms with Gasteiger partial charge in [-0.1, -0.05) is 12.1 Å². The summed E-state index contributed by atoms with van der Waals surface area (Å²) in [5, 5.41) is 0. The van der Waals surface area contributed by atoms with E-state index in [-0.39, 0.29) is 5.97 Å². The third-order valence-electron chi connectivity index (χ3n) is 1.91. The van der Waals surface area contributed by atoms with Gasteiger partial charge in [0.1, 0.15) is 0 Å². The number of hydrogen-bond donors (Lipinski definition) is 1. The number of nitrogen functional groups attached to an aromatic ring is 1. The van der Waals surface area contributed by atoms with E-state index in [1.807, 2.05) is 19.1 Å². The highest BCUT2D eigenvalue weighted by molar-refractivity contribution is 5.72. The number of hydrogen-bond acceptors (Lipinski definition) is 3. The van der Waals surface area contributed by atoms with Gasteiger partial charge in [-0.15, -0.1) is 0 Å². The predicted octanol–water partition coefficient (Wildman–Crippen LogP) is 1.29. The maximum absolute atomic E-state index is 10.9. The average Bonchev–Trinajstić information content (AvgIpc) is 2.11. The van der Waals surface area contributed by atoms with E-state index in [0.29, 0.717) is 6.42 Å². The molecule has 0 amide bonds. The first-order valence-corrected chi connectivity index (χ1v) is 4.05. The van der Waals surface area contributed by atoms with E-state index in [9.17, 15) is 4.79 Å². The molecule has 0 bridgehead atoms. The zero-order chi connectivity index (χ0) is 9.84. The van der Waals surface area contributed by atoms with Crippen LogP contribution in [-0.2, 0) is 16.0 Å². The molecule has 13 heavy (non-hydrogen) atoms. The summed E-state index contributed by atoms with van der Waals surface area (Å²) in [6.07, 6.45) is 0.303. The first-order chi connectivity index (χ1) is 6.13. The van der Waals surface area contributed by atoms with Crippen molar-refractivity contribution in [3.05, 3.63) is 29.3 Å². The molecule has 0 aliphatic heterocycles. The molecule has 0 unspecified atom stereocenters. The molecule has 1 rings (SSSR count). The summed E-state index contributed by atoms with van der Waals surface area (Å²) in [6, 6.07) is 5.53. The molecule has 1 aromatic carbocycles. The Morgan fingerprint density at radius 2 is 2.23 bits per heavy atom. The third kappa shape index (κ3) is 2.47. The van der Waals surface area contributed by atoms with E-state index < -0.39 is 0 Å². The Labute approximate surface area is 77.5 Å². The Kier molecular flexibility index (Phi) is 2.90. The van der Waals surface area contributed by atoms with E-state index in [2.05, 4.69) is 4.74 Å². The number of anilines is 1. The molecule has 0 fully saturated rings. The van der Waals surface area contributed by atoms with Crippen molar-refractivity contribution in [1.82, 2.24) is 0 Å². The summed E-state index contributed by atoms with van der Waals surface area (Å²) in [6.45, 7) is 1.91. The van der Waals surface area contributed by atoms with Crippen LogP contribution in [0.3, 0.4) is 0 Å². The molecule has 0 heterocycles. The van der Waals surface area contributed by atoms with E-state index in [1.165, 1.54) is 7.11 Å². The van der Waals surface area contributed by atoms with Crippen LogP contribution in [0.5, 0.6) is 0 Å². The van der Waals surface area contributed by atoms with Crippen LogP contribution in [0.1, 0.15) is 11.1 Å². The topological polar surface area (TPSA) is 52.3 Å². The number of rotatable bonds is 2. The number of carbonyl (C=O) groups is 1. The van der Waals surface area contributed by atoms with Crippen molar-refractivity contribution in [1.29, 1.82) is 0 Å². The molecular formula is C10H13NO2. The summed E-state index contributed by atoms with van der Waals surface area (Å²) >= 11 is 0. The van der Waals surface area contributed by atoms with Crippen LogP contribution >= 0.6 is 0 Å². The highest BCUT2D eigenvalue weighted by Gasteiger charge is 2.03. The normalized spacial score (nSPS) is 9.69. The van der Waals surface area contributed by atoms with Crippen molar-refractivity contribution in [2.75, 3.05) is 12.8 Å². The zero-order valence-corrected chi connectivity index (χ0v) is 7.83. The van der Waals surface area contributed by atoms with Crippen molar-refractivity contribution >= 4 is 11.7 Å². The Morgan fingerprint density at radius 1 is 1.54 bits per heavy atom. The minimum absolute atomic E-state index is 0.232. The fraction of sp³-hybridized carbons (Fsp3) is 0.300. The maximum atomic E-state index is 10.9. The van der Waals surface area contributed by atoms with Crippen LogP contribution in [0.4, 0.5) is 5.69 Å². The van der Waals surface area contributed by atoms with Gasteiger partial charge in [0, 0.05) is 5.69 Å². The second-order valence-corrected chi connectivity index (χ2v) is 2.94. The molecule has 0 saturated carbocycles. The van der Waals surface area contributed by atoms with Gasteiger partial charge in [-0.25, -0.2) is 0 Å². The van der Waals surface area contributed by atoms with E-state index in [1.54, 1.807) is 6.07 Å². The lowest BCUT2D eigenvalue weighted by Crippen LogP contribution is -2.04. The number of aryl methyl sites for hydroxylation is 1. The molecule has 70 valence electrons. The molecule has 0 aliphatic carbocycles. The maximum Gasteiger partial charge on any atom is 0.309 e. The lowest BCUT2D eigenvalue weighted by atomic mass is 10.1. The molecular weight excluding hydrogens is 166 g/mol. The zero-order valence-electron chi connectivity index (χ0n) is 7.83. The standard InChI is InChI=1S/C10H13NO2/c1-7-5-8(3-4-9(7)11)6-10(12)13-2/h3-5H,6,11H2,1-2H3. The molecule has 2 N–H and O–H groups in total. The van der Waals surface area contributed by atoms with Crippen LogP contribution in [0.15, 0.2) is 18.2 Å². The first kappa shape index (κ1) is 9.58. The Hall–Kier alpha value is -1.51. The molecule has 0 atom stereocenters. The quantitative estimate of drug-likeness (QED) is 0.549. The molecule has 0 radical (unpaired) electrons. The van der Waals surface area contributed by atoms with Gasteiger partial charge in [-0.05, 0) is 24.1 Å². The molecule has 3 nitrogen and oxygen atoms in total. The lowest BCUT2D eigenvalue weighted by Gasteiger charge is -2.03. The fourth-order valence-electron chi connectivity index (χ4n) is 1.09. The van der Waals surface area contributed by atoms with Gasteiger partial charge < -0.3 is 10.5 Å². The first-order valence-electron chi connectivity index (χ1n) is 4.05. The van der Waals surface area contributed by atoms with E-state index >= 15 is 0 Å². The summed E-state index contributed by atoms with van der Waals surface area (Å²) in [5.41, 5.74) is 8.30. The Morgan fingerprint density at radius 3 is 2.77 bits per heavy atom. The average molecular weight is 179 g/mol. The van der Waals surface area contributed by atoms with E-state index in [4.69, 9.17) is 5.73 Å². The van der Waals surface area contributed by atoms with Gasteiger partial charge in [-0.2, -0.15) is 0 Å². The number of carbonyl (C=O) groups excluding carboxylic acids is 1. The largest absolute Gasteiger partial charge is 0.469 e. The molecule has 0 aromatic heterocycles. The number of esters is 1. The minimum Gasteiger partial charge on any atom is -0.469 e. The van der Waals surface area contributed by atoms with Crippen LogP contribution < -0.4 is 5.73 Å². The summed E-state index contributed by atoms with van der Waals surface area (Å²) in [4.78, 5) is 10.9. The highest BCUT2D eigenvalue weighted by atomic mass is 16.5. The van der Waals surface area contributed by atoms with Crippen LogP contribution in [0.2, 0.25) is 0 Å². The number of methoxy groups -OCH3 is 1. The van der Waals surface area contributed by atoms with Crippen molar-refractivity contribution in [2.45, 2.75) is 13.3 Å². The number of ether oxygens (including phenoxy) is 1. The predicted molar refractivity (Wildman–Crippen MR) is 51.3 cm³/mol. The Bertz CT molecular complexity index is 321. The minimum atomic E-state index is -0.232. The highest BCUT2D eigenvalue weighted by Crippen LogP contribution is 2.13. The van der Waals surface area contributed by atoms with E-state index in [0.717, 1.165) is 16.8 Å². The number of nitrogens with two attached hydrogens (primary N) is 1. The van der Waals surface area contributed by atoms with Crippen molar-refractivity contribution in [2.24, 2.45) is 0 Å². The Balaban J connectivity index is 2.79. The smallest absolute Gasteiger partial charge is 0.309 e. The van der Waals surface area contributed by atoms with Crippen LogP contribution in [0.25, 0.3) is 0 Å². The van der Waals surface area contributed by atoms with Crippen molar-refractivity contribution in [3.8, 4) is 0 Å². The van der Waals surface area contributed by atoms with Crippen LogP contribution in [-0.4, -0.2) is 13.1 Å². The van der Waals surface area contributed by atoms with Crippen LogP contribution in [0, 0.1) is 6.92 Å². The van der Waals surface area contributed by atoms with Gasteiger partial charge in [0.25, 0.3) is 0 Å². The monoisotopic (exact) mass is 179 g/mol. The van der Waals surface area contributed by atoms with Gasteiger partial charge >= 0.3 is 5.97 Å². The number of benzene rings is 1. The van der Waals surface area contributed by atoms with Crippen molar-refractivity contribution < 1.29 is 9.53 Å². The van der Waals surface area contributed by atoms with Crippen molar-refractivity contribution in [3.63, 3.8) is 0 Å². The SMILES string of the molecule is COC(=O)Cc1ccc(N)c(C)c1. The lowest BCUT2D eigenvalue weighted by molar-refractivity contribution is -0.139.